The number of benzene rings is 1. The molecule has 0 amide bonds. The molecule has 5 heteroatoms. The molecule has 1 aliphatic rings. The van der Waals surface area contributed by atoms with Crippen LogP contribution in [0, 0.1) is 4.77 Å². The molecule has 0 unspecified atom stereocenters. The predicted octanol–water partition coefficient (Wildman–Crippen LogP) is 3.89. The Labute approximate surface area is 116 Å². The predicted molar refractivity (Wildman–Crippen MR) is 74.6 cm³/mol. The minimum absolute atomic E-state index is 0.485. The lowest BCUT2D eigenvalue weighted by atomic mass is 10.1. The van der Waals surface area contributed by atoms with Crippen molar-refractivity contribution >= 4 is 23.8 Å². The van der Waals surface area contributed by atoms with Crippen molar-refractivity contribution in [1.82, 2.24) is 14.8 Å². The van der Waals surface area contributed by atoms with Gasteiger partial charge in [-0.25, -0.2) is 0 Å². The van der Waals surface area contributed by atoms with Crippen LogP contribution in [0.25, 0.3) is 0 Å². The summed E-state index contributed by atoms with van der Waals surface area (Å²) in [7, 11) is 0. The summed E-state index contributed by atoms with van der Waals surface area (Å²) in [5.41, 5.74) is 1.33. The first-order valence-electron chi connectivity index (χ1n) is 6.11. The zero-order chi connectivity index (χ0) is 12.7. The average Bonchev–Trinajstić information content (AvgIpc) is 3.07. The Hall–Kier alpha value is -1.13. The fourth-order valence-corrected chi connectivity index (χ4v) is 2.87. The van der Waals surface area contributed by atoms with E-state index < -0.39 is 0 Å². The average molecular weight is 280 g/mol. The van der Waals surface area contributed by atoms with Gasteiger partial charge in [0, 0.05) is 17.5 Å². The molecule has 0 saturated heterocycles. The highest BCUT2D eigenvalue weighted by Gasteiger charge is 2.42. The molecule has 0 spiro atoms. The zero-order valence-electron chi connectivity index (χ0n) is 10.1. The molecular weight excluding hydrogens is 266 g/mol. The lowest BCUT2D eigenvalue weighted by Crippen LogP contribution is -2.01. The van der Waals surface area contributed by atoms with Gasteiger partial charge in [-0.3, -0.25) is 5.10 Å². The molecule has 3 rings (SSSR count). The second kappa shape index (κ2) is 4.52. The van der Waals surface area contributed by atoms with E-state index in [1.807, 2.05) is 12.1 Å². The Morgan fingerprint density at radius 3 is 2.78 bits per heavy atom. The van der Waals surface area contributed by atoms with Crippen molar-refractivity contribution in [1.29, 1.82) is 0 Å². The molecule has 1 saturated carbocycles. The van der Waals surface area contributed by atoms with Crippen LogP contribution in [0.2, 0.25) is 5.02 Å². The first-order valence-corrected chi connectivity index (χ1v) is 6.90. The van der Waals surface area contributed by atoms with Gasteiger partial charge in [0.2, 0.25) is 0 Å². The maximum Gasteiger partial charge on any atom is 0.195 e. The van der Waals surface area contributed by atoms with Crippen LogP contribution < -0.4 is 0 Å². The molecule has 18 heavy (non-hydrogen) atoms. The lowest BCUT2D eigenvalue weighted by molar-refractivity contribution is 0.687. The number of H-pyrrole nitrogens is 1. The summed E-state index contributed by atoms with van der Waals surface area (Å²) in [4.78, 5) is 0. The summed E-state index contributed by atoms with van der Waals surface area (Å²) in [5.74, 6) is 2.12. The van der Waals surface area contributed by atoms with Gasteiger partial charge in [0.15, 0.2) is 4.77 Å². The number of aromatic amines is 1. The zero-order valence-corrected chi connectivity index (χ0v) is 11.6. The van der Waals surface area contributed by atoms with Crippen LogP contribution in [-0.2, 0) is 6.54 Å². The molecule has 94 valence electrons. The second-order valence-corrected chi connectivity index (χ2v) is 5.45. The molecule has 1 fully saturated rings. The first-order chi connectivity index (χ1) is 8.70. The van der Waals surface area contributed by atoms with E-state index in [4.69, 9.17) is 23.8 Å². The fraction of sp³-hybridized carbons (Fsp3) is 0.385. The van der Waals surface area contributed by atoms with Crippen LogP contribution >= 0.6 is 23.8 Å². The van der Waals surface area contributed by atoms with Crippen molar-refractivity contribution in [3.63, 3.8) is 0 Å². The molecule has 1 aliphatic carbocycles. The molecule has 1 aromatic heterocycles. The highest BCUT2D eigenvalue weighted by Crippen LogP contribution is 2.54. The molecule has 3 nitrogen and oxygen atoms in total. The number of rotatable bonds is 3. The molecule has 2 aromatic rings. The van der Waals surface area contributed by atoms with Crippen molar-refractivity contribution < 1.29 is 0 Å². The van der Waals surface area contributed by atoms with Crippen LogP contribution in [0.1, 0.15) is 36.6 Å². The summed E-state index contributed by atoms with van der Waals surface area (Å²) < 4.78 is 2.80. The molecule has 0 aliphatic heterocycles. The van der Waals surface area contributed by atoms with Crippen LogP contribution in [0.5, 0.6) is 0 Å². The number of nitrogens with zero attached hydrogens (tertiary/aromatic N) is 2. The third-order valence-corrected chi connectivity index (χ3v) is 4.09. The van der Waals surface area contributed by atoms with E-state index in [2.05, 4.69) is 33.8 Å². The quantitative estimate of drug-likeness (QED) is 0.865. The smallest absolute Gasteiger partial charge is 0.195 e. The topological polar surface area (TPSA) is 33.6 Å². The standard InChI is InChI=1S/C13H14ClN3S/c1-2-17-12(15-16-13(17)18)11-7-10(11)8-3-5-9(14)6-4-8/h3-6,10-11H,2,7H2,1H3,(H,16,18)/t10-,11-/m0/s1. The Morgan fingerprint density at radius 2 is 2.11 bits per heavy atom. The Bertz CT molecular complexity index is 614. The van der Waals surface area contributed by atoms with E-state index in [-0.39, 0.29) is 0 Å². The Morgan fingerprint density at radius 1 is 1.39 bits per heavy atom. The number of halogens is 1. The number of aromatic nitrogens is 3. The van der Waals surface area contributed by atoms with Gasteiger partial charge in [0.25, 0.3) is 0 Å². The SMILES string of the molecule is CCn1c([C@H]2C[C@H]2c2ccc(Cl)cc2)n[nH]c1=S. The van der Waals surface area contributed by atoms with Crippen molar-refractivity contribution in [2.75, 3.05) is 0 Å². The first kappa shape index (κ1) is 11.9. The van der Waals surface area contributed by atoms with Crippen molar-refractivity contribution in [3.05, 3.63) is 45.4 Å². The summed E-state index contributed by atoms with van der Waals surface area (Å²) >= 11 is 11.1. The highest BCUT2D eigenvalue weighted by atomic mass is 35.5. The number of hydrogen-bond acceptors (Lipinski definition) is 2. The number of nitrogens with one attached hydrogen (secondary N) is 1. The summed E-state index contributed by atoms with van der Waals surface area (Å²) in [6, 6.07) is 8.10. The van der Waals surface area contributed by atoms with Gasteiger partial charge in [0.1, 0.15) is 5.82 Å². The summed E-state index contributed by atoms with van der Waals surface area (Å²) in [5, 5.41) is 8.03. The van der Waals surface area contributed by atoms with Crippen molar-refractivity contribution in [2.45, 2.75) is 31.7 Å². The summed E-state index contributed by atoms with van der Waals surface area (Å²) in [6.45, 7) is 2.96. The lowest BCUT2D eigenvalue weighted by Gasteiger charge is -2.03. The Balaban J connectivity index is 1.85. The van der Waals surface area contributed by atoms with Crippen molar-refractivity contribution in [3.8, 4) is 0 Å². The van der Waals surface area contributed by atoms with Gasteiger partial charge in [-0.1, -0.05) is 23.7 Å². The molecular formula is C13H14ClN3S. The van der Waals surface area contributed by atoms with Gasteiger partial charge in [-0.15, -0.1) is 0 Å². The van der Waals surface area contributed by atoms with Gasteiger partial charge >= 0.3 is 0 Å². The van der Waals surface area contributed by atoms with E-state index in [1.165, 1.54) is 5.56 Å². The minimum Gasteiger partial charge on any atom is -0.304 e. The number of hydrogen-bond donors (Lipinski definition) is 1. The fourth-order valence-electron chi connectivity index (χ4n) is 2.48. The van der Waals surface area contributed by atoms with E-state index in [0.29, 0.717) is 16.6 Å². The van der Waals surface area contributed by atoms with Gasteiger partial charge in [-0.05, 0) is 49.2 Å². The van der Waals surface area contributed by atoms with E-state index >= 15 is 0 Å². The van der Waals surface area contributed by atoms with E-state index in [1.54, 1.807) is 0 Å². The van der Waals surface area contributed by atoms with Crippen LogP contribution in [-0.4, -0.2) is 14.8 Å². The van der Waals surface area contributed by atoms with Gasteiger partial charge in [0.05, 0.1) is 0 Å². The second-order valence-electron chi connectivity index (χ2n) is 4.63. The largest absolute Gasteiger partial charge is 0.304 e. The summed E-state index contributed by atoms with van der Waals surface area (Å²) in [6.07, 6.45) is 1.14. The molecule has 0 bridgehead atoms. The molecule has 1 aromatic carbocycles. The monoisotopic (exact) mass is 279 g/mol. The maximum atomic E-state index is 5.91. The third-order valence-electron chi connectivity index (χ3n) is 3.52. The Kier molecular flexibility index (Phi) is 2.99. The van der Waals surface area contributed by atoms with Crippen LogP contribution in [0.15, 0.2) is 24.3 Å². The normalized spacial score (nSPS) is 22.1. The molecule has 1 N–H and O–H groups in total. The van der Waals surface area contributed by atoms with E-state index in [9.17, 15) is 0 Å². The van der Waals surface area contributed by atoms with Crippen molar-refractivity contribution in [2.24, 2.45) is 0 Å². The third kappa shape index (κ3) is 1.99. The highest BCUT2D eigenvalue weighted by molar-refractivity contribution is 7.71. The molecule has 0 radical (unpaired) electrons. The molecule has 2 atom stereocenters. The van der Waals surface area contributed by atoms with Gasteiger partial charge in [-0.2, -0.15) is 5.10 Å². The molecule has 1 heterocycles. The van der Waals surface area contributed by atoms with Gasteiger partial charge < -0.3 is 4.57 Å². The minimum atomic E-state index is 0.485. The van der Waals surface area contributed by atoms with Crippen LogP contribution in [0.4, 0.5) is 0 Å². The van der Waals surface area contributed by atoms with E-state index in [0.717, 1.165) is 23.8 Å². The maximum absolute atomic E-state index is 5.91. The van der Waals surface area contributed by atoms with Crippen LogP contribution in [0.3, 0.4) is 0 Å².